The second-order valence-corrected chi connectivity index (χ2v) is 6.94. The first kappa shape index (κ1) is 19.6. The third-order valence-corrected chi connectivity index (χ3v) is 4.83. The van der Waals surface area contributed by atoms with Crippen molar-refractivity contribution < 1.29 is 23.8 Å². The predicted octanol–water partition coefficient (Wildman–Crippen LogP) is 3.66. The fraction of sp³-hybridized carbons (Fsp3) is 0.217. The molecule has 7 heteroatoms. The smallest absolute Gasteiger partial charge is 0.340 e. The van der Waals surface area contributed by atoms with E-state index in [0.717, 1.165) is 17.1 Å². The highest BCUT2D eigenvalue weighted by atomic mass is 16.6. The maximum absolute atomic E-state index is 12.6. The van der Waals surface area contributed by atoms with Crippen LogP contribution >= 0.6 is 0 Å². The molecule has 154 valence electrons. The van der Waals surface area contributed by atoms with Crippen molar-refractivity contribution >= 4 is 17.6 Å². The minimum Gasteiger partial charge on any atom is -0.486 e. The molecule has 0 fully saturated rings. The number of fused-ring (bicyclic) bond motifs is 1. The molecular weight excluding hydrogens is 384 g/mol. The topological polar surface area (TPSA) is 78.8 Å². The Hall–Kier alpha value is -3.74. The molecule has 1 aliphatic heterocycles. The fourth-order valence-electron chi connectivity index (χ4n) is 3.47. The molecule has 0 atom stereocenters. The number of nitrogens with one attached hydrogen (secondary N) is 1. The number of ether oxygens (including phenoxy) is 3. The summed E-state index contributed by atoms with van der Waals surface area (Å²) < 4.78 is 18.2. The predicted molar refractivity (Wildman–Crippen MR) is 112 cm³/mol. The summed E-state index contributed by atoms with van der Waals surface area (Å²) in [4.78, 5) is 24.8. The van der Waals surface area contributed by atoms with Gasteiger partial charge in [0.1, 0.15) is 13.2 Å². The summed E-state index contributed by atoms with van der Waals surface area (Å²) in [5, 5.41) is 2.70. The fourth-order valence-corrected chi connectivity index (χ4v) is 3.47. The van der Waals surface area contributed by atoms with Gasteiger partial charge < -0.3 is 24.1 Å². The Bertz CT molecular complexity index is 1090. The summed E-state index contributed by atoms with van der Waals surface area (Å²) in [6, 6.07) is 16.6. The minimum absolute atomic E-state index is 0.387. The zero-order valence-corrected chi connectivity index (χ0v) is 16.8. The molecular formula is C23H22N2O5. The van der Waals surface area contributed by atoms with Crippen molar-refractivity contribution in [3.8, 4) is 17.2 Å². The van der Waals surface area contributed by atoms with Crippen LogP contribution in [0.1, 0.15) is 21.7 Å². The SMILES string of the molecule is Cc1cc(C(=O)OCC(=O)Nc2ccc3c(c2)OCCO3)c(C)n1-c1ccccc1. The van der Waals surface area contributed by atoms with Crippen LogP contribution in [0.25, 0.3) is 5.69 Å². The normalized spacial score (nSPS) is 12.3. The molecule has 0 aliphatic carbocycles. The average molecular weight is 406 g/mol. The minimum atomic E-state index is -0.539. The molecule has 0 bridgehead atoms. The van der Waals surface area contributed by atoms with E-state index in [1.54, 1.807) is 24.3 Å². The van der Waals surface area contributed by atoms with Crippen LogP contribution < -0.4 is 14.8 Å². The van der Waals surface area contributed by atoms with Crippen molar-refractivity contribution in [2.45, 2.75) is 13.8 Å². The van der Waals surface area contributed by atoms with Crippen LogP contribution in [0, 0.1) is 13.8 Å². The first-order valence-corrected chi connectivity index (χ1v) is 9.64. The molecule has 7 nitrogen and oxygen atoms in total. The highest BCUT2D eigenvalue weighted by Crippen LogP contribution is 2.32. The lowest BCUT2D eigenvalue weighted by molar-refractivity contribution is -0.119. The van der Waals surface area contributed by atoms with Gasteiger partial charge in [0.25, 0.3) is 5.91 Å². The first-order valence-electron chi connectivity index (χ1n) is 9.64. The van der Waals surface area contributed by atoms with E-state index in [2.05, 4.69) is 5.32 Å². The first-order chi connectivity index (χ1) is 14.5. The molecule has 1 N–H and O–H groups in total. The molecule has 0 saturated heterocycles. The zero-order valence-electron chi connectivity index (χ0n) is 16.8. The number of nitrogens with zero attached hydrogens (tertiary/aromatic N) is 1. The van der Waals surface area contributed by atoms with Crippen molar-refractivity contribution in [2.24, 2.45) is 0 Å². The number of aryl methyl sites for hydroxylation is 1. The lowest BCUT2D eigenvalue weighted by Gasteiger charge is -2.19. The number of carbonyl (C=O) groups excluding carboxylic acids is 2. The van der Waals surface area contributed by atoms with Gasteiger partial charge in [0.15, 0.2) is 18.1 Å². The number of esters is 1. The molecule has 0 spiro atoms. The Morgan fingerprint density at radius 3 is 2.50 bits per heavy atom. The molecule has 30 heavy (non-hydrogen) atoms. The summed E-state index contributed by atoms with van der Waals surface area (Å²) in [6.07, 6.45) is 0. The van der Waals surface area contributed by atoms with E-state index in [1.807, 2.05) is 48.7 Å². The van der Waals surface area contributed by atoms with Crippen molar-refractivity contribution in [1.29, 1.82) is 0 Å². The van der Waals surface area contributed by atoms with E-state index in [4.69, 9.17) is 14.2 Å². The van der Waals surface area contributed by atoms with E-state index >= 15 is 0 Å². The van der Waals surface area contributed by atoms with Crippen molar-refractivity contribution in [3.63, 3.8) is 0 Å². The van der Waals surface area contributed by atoms with Gasteiger partial charge in [0, 0.05) is 28.8 Å². The number of aromatic nitrogens is 1. The summed E-state index contributed by atoms with van der Waals surface area (Å²) in [5.74, 6) is 0.239. The third-order valence-electron chi connectivity index (χ3n) is 4.83. The van der Waals surface area contributed by atoms with Crippen LogP contribution in [-0.4, -0.2) is 36.3 Å². The quantitative estimate of drug-likeness (QED) is 0.654. The maximum Gasteiger partial charge on any atom is 0.340 e. The molecule has 2 heterocycles. The Morgan fingerprint density at radius 1 is 1.00 bits per heavy atom. The van der Waals surface area contributed by atoms with Gasteiger partial charge in [0.05, 0.1) is 5.56 Å². The molecule has 0 unspecified atom stereocenters. The van der Waals surface area contributed by atoms with Crippen molar-refractivity contribution in [1.82, 2.24) is 4.57 Å². The number of rotatable bonds is 5. The third kappa shape index (κ3) is 4.00. The van der Waals surface area contributed by atoms with Gasteiger partial charge in [0.2, 0.25) is 0 Å². The Balaban J connectivity index is 1.40. The van der Waals surface area contributed by atoms with E-state index in [0.29, 0.717) is 36.0 Å². The van der Waals surface area contributed by atoms with E-state index in [1.165, 1.54) is 0 Å². The summed E-state index contributed by atoms with van der Waals surface area (Å²) in [5.41, 5.74) is 3.61. The molecule has 1 amide bonds. The van der Waals surface area contributed by atoms with Gasteiger partial charge in [-0.25, -0.2) is 4.79 Å². The number of carbonyl (C=O) groups is 2. The van der Waals surface area contributed by atoms with Crippen LogP contribution in [0.2, 0.25) is 0 Å². The summed E-state index contributed by atoms with van der Waals surface area (Å²) in [7, 11) is 0. The van der Waals surface area contributed by atoms with Gasteiger partial charge in [-0.05, 0) is 44.2 Å². The lowest BCUT2D eigenvalue weighted by atomic mass is 10.2. The number of anilines is 1. The number of hydrogen-bond acceptors (Lipinski definition) is 5. The molecule has 0 radical (unpaired) electrons. The highest BCUT2D eigenvalue weighted by molar-refractivity contribution is 5.96. The van der Waals surface area contributed by atoms with Crippen LogP contribution in [0.15, 0.2) is 54.6 Å². The molecule has 4 rings (SSSR count). The van der Waals surface area contributed by atoms with Crippen LogP contribution in [-0.2, 0) is 9.53 Å². The second-order valence-electron chi connectivity index (χ2n) is 6.94. The van der Waals surface area contributed by atoms with Gasteiger partial charge in [-0.2, -0.15) is 0 Å². The van der Waals surface area contributed by atoms with Crippen LogP contribution in [0.5, 0.6) is 11.5 Å². The maximum atomic E-state index is 12.6. The largest absolute Gasteiger partial charge is 0.486 e. The molecule has 0 saturated carbocycles. The standard InChI is InChI=1S/C23H22N2O5/c1-15-12-19(16(2)25(15)18-6-4-3-5-7-18)23(27)30-14-22(26)24-17-8-9-20-21(13-17)29-11-10-28-20/h3-9,12-13H,10-11,14H2,1-2H3,(H,24,26). The highest BCUT2D eigenvalue weighted by Gasteiger charge is 2.19. The zero-order chi connectivity index (χ0) is 21.1. The van der Waals surface area contributed by atoms with Crippen molar-refractivity contribution in [3.05, 3.63) is 71.5 Å². The van der Waals surface area contributed by atoms with Crippen LogP contribution in [0.4, 0.5) is 5.69 Å². The molecule has 1 aromatic heterocycles. The Kier molecular flexibility index (Phi) is 5.43. The number of para-hydroxylation sites is 1. The molecule has 2 aromatic carbocycles. The van der Waals surface area contributed by atoms with Gasteiger partial charge in [-0.3, -0.25) is 4.79 Å². The average Bonchev–Trinajstić information content (AvgIpc) is 3.06. The second kappa shape index (κ2) is 8.32. The lowest BCUT2D eigenvalue weighted by Crippen LogP contribution is -2.21. The number of benzene rings is 2. The van der Waals surface area contributed by atoms with E-state index in [9.17, 15) is 9.59 Å². The van der Waals surface area contributed by atoms with E-state index < -0.39 is 11.9 Å². The van der Waals surface area contributed by atoms with E-state index in [-0.39, 0.29) is 6.61 Å². The summed E-state index contributed by atoms with van der Waals surface area (Å²) in [6.45, 7) is 4.35. The monoisotopic (exact) mass is 406 g/mol. The van der Waals surface area contributed by atoms with Crippen molar-refractivity contribution in [2.75, 3.05) is 25.1 Å². The number of amides is 1. The van der Waals surface area contributed by atoms with Crippen LogP contribution in [0.3, 0.4) is 0 Å². The Labute approximate surface area is 174 Å². The number of hydrogen-bond donors (Lipinski definition) is 1. The summed E-state index contributed by atoms with van der Waals surface area (Å²) >= 11 is 0. The molecule has 1 aliphatic rings. The van der Waals surface area contributed by atoms with Gasteiger partial charge in [-0.1, -0.05) is 18.2 Å². The van der Waals surface area contributed by atoms with Gasteiger partial charge >= 0.3 is 5.97 Å². The Morgan fingerprint density at radius 2 is 1.73 bits per heavy atom. The molecule has 3 aromatic rings. The van der Waals surface area contributed by atoms with Gasteiger partial charge in [-0.15, -0.1) is 0 Å².